The van der Waals surface area contributed by atoms with Crippen molar-refractivity contribution in [2.45, 2.75) is 19.6 Å². The number of aliphatic hydroxyl groups is 1. The van der Waals surface area contributed by atoms with Gasteiger partial charge in [-0.25, -0.2) is 0 Å². The van der Waals surface area contributed by atoms with Crippen LogP contribution in [0.2, 0.25) is 0 Å². The van der Waals surface area contributed by atoms with E-state index in [1.807, 2.05) is 0 Å². The fourth-order valence-electron chi connectivity index (χ4n) is 0.993. The van der Waals surface area contributed by atoms with Crippen LogP contribution in [0.25, 0.3) is 0 Å². The lowest BCUT2D eigenvalue weighted by Gasteiger charge is -2.02. The van der Waals surface area contributed by atoms with Crippen molar-refractivity contribution in [1.29, 1.82) is 0 Å². The summed E-state index contributed by atoms with van der Waals surface area (Å²) in [5.74, 6) is -0.665. The molecule has 0 aromatic carbocycles. The smallest absolute Gasteiger partial charge is 0.271 e. The molecule has 1 unspecified atom stereocenters. The van der Waals surface area contributed by atoms with E-state index in [9.17, 15) is 4.79 Å². The van der Waals surface area contributed by atoms with Crippen LogP contribution in [0, 0.1) is 0 Å². The van der Waals surface area contributed by atoms with Crippen LogP contribution in [0.5, 0.6) is 0 Å². The van der Waals surface area contributed by atoms with Gasteiger partial charge in [0.25, 0.3) is 5.91 Å². The minimum atomic E-state index is -0.665. The van der Waals surface area contributed by atoms with E-state index in [1.54, 1.807) is 6.92 Å². The monoisotopic (exact) mass is 184 g/mol. The molecule has 72 valence electrons. The van der Waals surface area contributed by atoms with E-state index in [0.717, 1.165) is 0 Å². The van der Waals surface area contributed by atoms with Gasteiger partial charge in [0.1, 0.15) is 0 Å². The predicted molar refractivity (Wildman–Crippen MR) is 46.8 cm³/mol. The van der Waals surface area contributed by atoms with Crippen molar-refractivity contribution in [3.8, 4) is 0 Å². The van der Waals surface area contributed by atoms with Crippen LogP contribution in [0.3, 0.4) is 0 Å². The summed E-state index contributed by atoms with van der Waals surface area (Å²) in [5.41, 5.74) is 10.7. The molecule has 0 aliphatic rings. The Kier molecular flexibility index (Phi) is 2.52. The second kappa shape index (κ2) is 3.44. The number of nitrogen functional groups attached to an aromatic ring is 1. The molecule has 0 saturated carbocycles. The van der Waals surface area contributed by atoms with Crippen molar-refractivity contribution in [2.24, 2.45) is 5.73 Å². The lowest BCUT2D eigenvalue weighted by Crippen LogP contribution is -2.16. The number of aliphatic hydroxyl groups excluding tert-OH is 1. The van der Waals surface area contributed by atoms with Crippen LogP contribution < -0.4 is 11.5 Å². The van der Waals surface area contributed by atoms with Crippen molar-refractivity contribution in [1.82, 2.24) is 9.78 Å². The molecule has 1 rings (SSSR count). The number of amides is 1. The summed E-state index contributed by atoms with van der Waals surface area (Å²) >= 11 is 0. The standard InChI is InChI=1S/C7H12N4O2/c1-4(12)2-11-3-5(8)6(10-11)7(9)13/h3-4,12H,2,8H2,1H3,(H2,9,13). The first-order valence-electron chi connectivity index (χ1n) is 3.81. The quantitative estimate of drug-likeness (QED) is 0.556. The fourth-order valence-corrected chi connectivity index (χ4v) is 0.993. The molecule has 0 spiro atoms. The average Bonchev–Trinajstić information content (AvgIpc) is 2.29. The van der Waals surface area contributed by atoms with Crippen molar-refractivity contribution in [3.63, 3.8) is 0 Å². The molecule has 1 aromatic heterocycles. The largest absolute Gasteiger partial charge is 0.396 e. The van der Waals surface area contributed by atoms with Crippen molar-refractivity contribution in [3.05, 3.63) is 11.9 Å². The van der Waals surface area contributed by atoms with Gasteiger partial charge in [0, 0.05) is 6.20 Å². The first kappa shape index (κ1) is 9.53. The summed E-state index contributed by atoms with van der Waals surface area (Å²) < 4.78 is 1.39. The third-order valence-corrected chi connectivity index (χ3v) is 1.47. The van der Waals surface area contributed by atoms with Crippen molar-refractivity contribution < 1.29 is 9.90 Å². The van der Waals surface area contributed by atoms with E-state index in [4.69, 9.17) is 16.6 Å². The van der Waals surface area contributed by atoms with Crippen LogP contribution in [-0.4, -0.2) is 26.9 Å². The number of primary amides is 1. The molecule has 0 aliphatic heterocycles. The highest BCUT2D eigenvalue weighted by Gasteiger charge is 2.11. The van der Waals surface area contributed by atoms with Gasteiger partial charge in [-0.3, -0.25) is 9.48 Å². The number of hydrogen-bond acceptors (Lipinski definition) is 4. The zero-order valence-corrected chi connectivity index (χ0v) is 7.27. The van der Waals surface area contributed by atoms with Gasteiger partial charge in [0.2, 0.25) is 0 Å². The highest BCUT2D eigenvalue weighted by Crippen LogP contribution is 2.08. The summed E-state index contributed by atoms with van der Waals surface area (Å²) in [4.78, 5) is 10.7. The molecule has 1 atom stereocenters. The molecular formula is C7H12N4O2. The molecule has 0 fully saturated rings. The summed E-state index contributed by atoms with van der Waals surface area (Å²) in [6.45, 7) is 1.90. The van der Waals surface area contributed by atoms with E-state index in [-0.39, 0.29) is 17.9 Å². The van der Waals surface area contributed by atoms with Crippen molar-refractivity contribution in [2.75, 3.05) is 5.73 Å². The molecule has 0 saturated heterocycles. The van der Waals surface area contributed by atoms with Gasteiger partial charge >= 0.3 is 0 Å². The van der Waals surface area contributed by atoms with Gasteiger partial charge in [0.15, 0.2) is 5.69 Å². The first-order valence-corrected chi connectivity index (χ1v) is 3.81. The highest BCUT2D eigenvalue weighted by atomic mass is 16.3. The Labute approximate surface area is 75.1 Å². The zero-order valence-electron chi connectivity index (χ0n) is 7.27. The third kappa shape index (κ3) is 2.19. The van der Waals surface area contributed by atoms with Crippen molar-refractivity contribution >= 4 is 11.6 Å². The number of rotatable bonds is 3. The molecule has 0 aliphatic carbocycles. The summed E-state index contributed by atoms with van der Waals surface area (Å²) in [7, 11) is 0. The second-order valence-electron chi connectivity index (χ2n) is 2.87. The Morgan fingerprint density at radius 2 is 2.46 bits per heavy atom. The maximum absolute atomic E-state index is 10.7. The summed E-state index contributed by atoms with van der Waals surface area (Å²) in [5, 5.41) is 12.8. The van der Waals surface area contributed by atoms with Gasteiger partial charge in [-0.1, -0.05) is 0 Å². The molecule has 1 aromatic rings. The summed E-state index contributed by atoms with van der Waals surface area (Å²) in [6, 6.07) is 0. The zero-order chi connectivity index (χ0) is 10.0. The molecule has 6 nitrogen and oxygen atoms in total. The molecule has 13 heavy (non-hydrogen) atoms. The van der Waals surface area contributed by atoms with Gasteiger partial charge in [0.05, 0.1) is 18.3 Å². The SMILES string of the molecule is CC(O)Cn1cc(N)c(C(N)=O)n1. The molecule has 1 heterocycles. The van der Waals surface area contributed by atoms with E-state index in [0.29, 0.717) is 0 Å². The maximum atomic E-state index is 10.7. The highest BCUT2D eigenvalue weighted by molar-refractivity contribution is 5.95. The Bertz CT molecular complexity index is 318. The van der Waals surface area contributed by atoms with Gasteiger partial charge in [-0.2, -0.15) is 5.10 Å². The molecule has 0 bridgehead atoms. The number of nitrogens with two attached hydrogens (primary N) is 2. The number of carbonyl (C=O) groups is 1. The Hall–Kier alpha value is -1.56. The lowest BCUT2D eigenvalue weighted by atomic mass is 10.4. The van der Waals surface area contributed by atoms with Gasteiger partial charge in [-0.05, 0) is 6.92 Å². The van der Waals surface area contributed by atoms with Crippen LogP contribution >= 0.6 is 0 Å². The number of aromatic nitrogens is 2. The second-order valence-corrected chi connectivity index (χ2v) is 2.87. The number of nitrogens with zero attached hydrogens (tertiary/aromatic N) is 2. The van der Waals surface area contributed by atoms with E-state index in [1.165, 1.54) is 10.9 Å². The summed E-state index contributed by atoms with van der Waals surface area (Å²) in [6.07, 6.45) is 0.923. The number of hydrogen-bond donors (Lipinski definition) is 3. The van der Waals surface area contributed by atoms with E-state index < -0.39 is 12.0 Å². The van der Waals surface area contributed by atoms with E-state index in [2.05, 4.69) is 5.10 Å². The Morgan fingerprint density at radius 1 is 1.85 bits per heavy atom. The topological polar surface area (TPSA) is 107 Å². The van der Waals surface area contributed by atoms with Crippen LogP contribution in [0.1, 0.15) is 17.4 Å². The molecule has 5 N–H and O–H groups in total. The van der Waals surface area contributed by atoms with Gasteiger partial charge in [-0.15, -0.1) is 0 Å². The first-order chi connectivity index (χ1) is 6.00. The average molecular weight is 184 g/mol. The van der Waals surface area contributed by atoms with E-state index >= 15 is 0 Å². The fraction of sp³-hybridized carbons (Fsp3) is 0.429. The molecule has 1 amide bonds. The molecule has 6 heteroatoms. The molecular weight excluding hydrogens is 172 g/mol. The maximum Gasteiger partial charge on any atom is 0.271 e. The predicted octanol–water partition coefficient (Wildman–Crippen LogP) is -1.05. The minimum Gasteiger partial charge on any atom is -0.396 e. The van der Waals surface area contributed by atoms with Crippen LogP contribution in [0.4, 0.5) is 5.69 Å². The molecule has 0 radical (unpaired) electrons. The lowest BCUT2D eigenvalue weighted by molar-refractivity contribution is 0.0994. The number of anilines is 1. The Morgan fingerprint density at radius 3 is 2.85 bits per heavy atom. The third-order valence-electron chi connectivity index (χ3n) is 1.47. The normalized spacial score (nSPS) is 12.8. The minimum absolute atomic E-state index is 0.0423. The number of carbonyl (C=O) groups excluding carboxylic acids is 1. The van der Waals surface area contributed by atoms with Crippen LogP contribution in [0.15, 0.2) is 6.20 Å². The van der Waals surface area contributed by atoms with Gasteiger partial charge < -0.3 is 16.6 Å². The Balaban J connectivity index is 2.89. The van der Waals surface area contributed by atoms with Crippen LogP contribution in [-0.2, 0) is 6.54 Å².